The molecule has 0 aliphatic heterocycles. The van der Waals surface area contributed by atoms with Crippen molar-refractivity contribution in [3.8, 4) is 6.07 Å². The SMILES string of the molecule is CCOC(=O)Nc1ccc(NC(=O)Nc2cc(Br)ccc2C)cc1C#N. The van der Waals surface area contributed by atoms with E-state index >= 15 is 0 Å². The minimum Gasteiger partial charge on any atom is -0.450 e. The van der Waals surface area contributed by atoms with Gasteiger partial charge in [0.25, 0.3) is 0 Å². The molecule has 0 unspecified atom stereocenters. The van der Waals surface area contributed by atoms with Crippen LogP contribution in [-0.2, 0) is 4.74 Å². The van der Waals surface area contributed by atoms with Gasteiger partial charge in [0.2, 0.25) is 0 Å². The molecule has 0 bridgehead atoms. The average molecular weight is 417 g/mol. The van der Waals surface area contributed by atoms with Crippen LogP contribution in [0.1, 0.15) is 18.1 Å². The Bertz CT molecular complexity index is 877. The van der Waals surface area contributed by atoms with Gasteiger partial charge in [-0.05, 0) is 49.7 Å². The number of carbonyl (C=O) groups excluding carboxylic acids is 2. The van der Waals surface area contributed by atoms with Crippen LogP contribution >= 0.6 is 15.9 Å². The predicted molar refractivity (Wildman–Crippen MR) is 103 cm³/mol. The van der Waals surface area contributed by atoms with Gasteiger partial charge in [0.05, 0.1) is 17.9 Å². The third-order valence-electron chi connectivity index (χ3n) is 3.36. The number of urea groups is 1. The molecule has 8 heteroatoms. The van der Waals surface area contributed by atoms with Gasteiger partial charge in [-0.25, -0.2) is 9.59 Å². The Hall–Kier alpha value is -3.05. The number of halogens is 1. The molecule has 0 fully saturated rings. The molecular weight excluding hydrogens is 400 g/mol. The van der Waals surface area contributed by atoms with E-state index in [4.69, 9.17) is 4.74 Å². The van der Waals surface area contributed by atoms with Crippen LogP contribution in [0.3, 0.4) is 0 Å². The van der Waals surface area contributed by atoms with E-state index in [0.29, 0.717) is 17.1 Å². The Balaban J connectivity index is 2.09. The number of anilines is 3. The summed E-state index contributed by atoms with van der Waals surface area (Å²) >= 11 is 3.36. The van der Waals surface area contributed by atoms with Gasteiger partial charge in [0.1, 0.15) is 6.07 Å². The molecular formula is C18H17BrN4O3. The van der Waals surface area contributed by atoms with Crippen LogP contribution in [0, 0.1) is 18.3 Å². The van der Waals surface area contributed by atoms with Crippen LogP contribution in [0.5, 0.6) is 0 Å². The van der Waals surface area contributed by atoms with E-state index in [0.717, 1.165) is 10.0 Å². The van der Waals surface area contributed by atoms with Crippen molar-refractivity contribution in [2.24, 2.45) is 0 Å². The molecule has 0 spiro atoms. The summed E-state index contributed by atoms with van der Waals surface area (Å²) in [6, 6.07) is 11.7. The minimum absolute atomic E-state index is 0.203. The van der Waals surface area contributed by atoms with Crippen LogP contribution in [0.25, 0.3) is 0 Å². The third kappa shape index (κ3) is 5.22. The second-order valence-electron chi connectivity index (χ2n) is 5.26. The predicted octanol–water partition coefficient (Wildman–Crippen LogP) is 4.84. The highest BCUT2D eigenvalue weighted by molar-refractivity contribution is 9.10. The van der Waals surface area contributed by atoms with Crippen molar-refractivity contribution >= 4 is 45.1 Å². The number of hydrogen-bond donors (Lipinski definition) is 3. The molecule has 0 aromatic heterocycles. The molecule has 0 radical (unpaired) electrons. The molecule has 3 amide bonds. The molecule has 7 nitrogen and oxygen atoms in total. The van der Waals surface area contributed by atoms with Crippen molar-refractivity contribution < 1.29 is 14.3 Å². The number of benzene rings is 2. The van der Waals surface area contributed by atoms with E-state index in [1.54, 1.807) is 19.1 Å². The van der Waals surface area contributed by atoms with Gasteiger partial charge in [-0.2, -0.15) is 5.26 Å². The van der Waals surface area contributed by atoms with Crippen LogP contribution in [-0.4, -0.2) is 18.7 Å². The van der Waals surface area contributed by atoms with Gasteiger partial charge in [0, 0.05) is 15.8 Å². The first-order valence-corrected chi connectivity index (χ1v) is 8.54. The zero-order valence-electron chi connectivity index (χ0n) is 14.2. The summed E-state index contributed by atoms with van der Waals surface area (Å²) in [5, 5.41) is 17.1. The van der Waals surface area contributed by atoms with Crippen LogP contribution in [0.15, 0.2) is 40.9 Å². The summed E-state index contributed by atoms with van der Waals surface area (Å²) in [5.74, 6) is 0. The number of rotatable bonds is 4. The molecule has 0 heterocycles. The number of nitriles is 1. The molecule has 0 saturated carbocycles. The summed E-state index contributed by atoms with van der Waals surface area (Å²) in [7, 11) is 0. The van der Waals surface area contributed by atoms with Gasteiger partial charge in [0.15, 0.2) is 0 Å². The van der Waals surface area contributed by atoms with E-state index < -0.39 is 12.1 Å². The molecule has 0 aliphatic rings. The molecule has 3 N–H and O–H groups in total. The maximum absolute atomic E-state index is 12.2. The van der Waals surface area contributed by atoms with Crippen LogP contribution in [0.2, 0.25) is 0 Å². The topological polar surface area (TPSA) is 103 Å². The first kappa shape index (κ1) is 19.3. The smallest absolute Gasteiger partial charge is 0.411 e. The highest BCUT2D eigenvalue weighted by Crippen LogP contribution is 2.22. The number of aryl methyl sites for hydroxylation is 1. The summed E-state index contributed by atoms with van der Waals surface area (Å²) in [6.07, 6.45) is -0.646. The van der Waals surface area contributed by atoms with Gasteiger partial charge < -0.3 is 15.4 Å². The normalized spacial score (nSPS) is 9.77. The molecule has 0 saturated heterocycles. The van der Waals surface area contributed by atoms with E-state index in [-0.39, 0.29) is 12.2 Å². The summed E-state index contributed by atoms with van der Waals surface area (Å²) < 4.78 is 5.63. The van der Waals surface area contributed by atoms with E-state index in [1.807, 2.05) is 25.1 Å². The Morgan fingerprint density at radius 2 is 1.88 bits per heavy atom. The number of hydrogen-bond acceptors (Lipinski definition) is 4. The number of carbonyl (C=O) groups is 2. The molecule has 134 valence electrons. The van der Waals surface area contributed by atoms with Crippen molar-refractivity contribution in [2.75, 3.05) is 22.6 Å². The Labute approximate surface area is 159 Å². The standard InChI is InChI=1S/C18H17BrN4O3/c1-3-26-18(25)23-15-7-6-14(8-12(15)10-20)21-17(24)22-16-9-13(19)5-4-11(16)2/h4-9H,3H2,1-2H3,(H,23,25)(H2,21,22,24). The van der Waals surface area contributed by atoms with Crippen molar-refractivity contribution in [3.63, 3.8) is 0 Å². The van der Waals surface area contributed by atoms with E-state index in [1.165, 1.54) is 12.1 Å². The maximum atomic E-state index is 12.2. The molecule has 26 heavy (non-hydrogen) atoms. The third-order valence-corrected chi connectivity index (χ3v) is 3.85. The van der Waals surface area contributed by atoms with Crippen LogP contribution < -0.4 is 16.0 Å². The fraction of sp³-hybridized carbons (Fsp3) is 0.167. The lowest BCUT2D eigenvalue weighted by Gasteiger charge is -2.12. The number of ether oxygens (including phenoxy) is 1. The minimum atomic E-state index is -0.646. The molecule has 2 rings (SSSR count). The van der Waals surface area contributed by atoms with Crippen molar-refractivity contribution in [1.82, 2.24) is 0 Å². The van der Waals surface area contributed by atoms with E-state index in [9.17, 15) is 14.9 Å². The lowest BCUT2D eigenvalue weighted by atomic mass is 10.1. The lowest BCUT2D eigenvalue weighted by Crippen LogP contribution is -2.20. The van der Waals surface area contributed by atoms with Crippen LogP contribution in [0.4, 0.5) is 26.7 Å². The first-order valence-electron chi connectivity index (χ1n) is 7.75. The fourth-order valence-corrected chi connectivity index (χ4v) is 2.48. The highest BCUT2D eigenvalue weighted by atomic mass is 79.9. The summed E-state index contributed by atoms with van der Waals surface area (Å²) in [5.41, 5.74) is 2.50. The van der Waals surface area contributed by atoms with Crippen molar-refractivity contribution in [1.29, 1.82) is 5.26 Å². The average Bonchev–Trinajstić information content (AvgIpc) is 2.59. The Morgan fingerprint density at radius 3 is 2.58 bits per heavy atom. The van der Waals surface area contributed by atoms with E-state index in [2.05, 4.69) is 31.9 Å². The summed E-state index contributed by atoms with van der Waals surface area (Å²) in [6.45, 7) is 3.79. The largest absolute Gasteiger partial charge is 0.450 e. The molecule has 2 aromatic rings. The van der Waals surface area contributed by atoms with Gasteiger partial charge in [-0.3, -0.25) is 5.32 Å². The summed E-state index contributed by atoms with van der Waals surface area (Å²) in [4.78, 5) is 23.7. The second-order valence-corrected chi connectivity index (χ2v) is 6.17. The van der Waals surface area contributed by atoms with Crippen molar-refractivity contribution in [2.45, 2.75) is 13.8 Å². The second kappa shape index (κ2) is 8.87. The highest BCUT2D eigenvalue weighted by Gasteiger charge is 2.10. The lowest BCUT2D eigenvalue weighted by molar-refractivity contribution is 0.168. The zero-order valence-corrected chi connectivity index (χ0v) is 15.8. The number of amides is 3. The number of nitrogens with zero attached hydrogens (tertiary/aromatic N) is 1. The Morgan fingerprint density at radius 1 is 1.12 bits per heavy atom. The fourth-order valence-electron chi connectivity index (χ4n) is 2.11. The number of nitrogens with one attached hydrogen (secondary N) is 3. The first-order chi connectivity index (χ1) is 12.4. The molecule has 0 atom stereocenters. The quantitative estimate of drug-likeness (QED) is 0.662. The monoisotopic (exact) mass is 416 g/mol. The molecule has 0 aliphatic carbocycles. The maximum Gasteiger partial charge on any atom is 0.411 e. The van der Waals surface area contributed by atoms with Gasteiger partial charge in [-0.15, -0.1) is 0 Å². The van der Waals surface area contributed by atoms with Crippen molar-refractivity contribution in [3.05, 3.63) is 52.0 Å². The molecule has 2 aromatic carbocycles. The Kier molecular flexibility index (Phi) is 6.58. The van der Waals surface area contributed by atoms with Gasteiger partial charge in [-0.1, -0.05) is 22.0 Å². The zero-order chi connectivity index (χ0) is 19.1. The van der Waals surface area contributed by atoms with Gasteiger partial charge >= 0.3 is 12.1 Å².